The Labute approximate surface area is 136 Å². The van der Waals surface area contributed by atoms with Crippen LogP contribution in [0.2, 0.25) is 0 Å². The molecule has 1 heterocycles. The van der Waals surface area contributed by atoms with E-state index in [0.29, 0.717) is 11.8 Å². The van der Waals surface area contributed by atoms with E-state index in [0.717, 1.165) is 25.8 Å². The first-order valence-corrected chi connectivity index (χ1v) is 8.12. The fraction of sp³-hybridized carbons (Fsp3) is 0.412. The van der Waals surface area contributed by atoms with Crippen molar-refractivity contribution in [1.29, 1.82) is 0 Å². The molecule has 1 aromatic heterocycles. The molecule has 0 saturated heterocycles. The summed E-state index contributed by atoms with van der Waals surface area (Å²) in [6.45, 7) is 1.01. The molecule has 0 saturated carbocycles. The Kier molecular flexibility index (Phi) is 5.80. The molecule has 1 aliphatic carbocycles. The number of fused-ring (bicyclic) bond motifs is 1. The van der Waals surface area contributed by atoms with E-state index in [2.05, 4.69) is 22.8 Å². The Morgan fingerprint density at radius 2 is 2.24 bits per heavy atom. The predicted molar refractivity (Wildman–Crippen MR) is 90.3 cm³/mol. The fourth-order valence-electron chi connectivity index (χ4n) is 3.33. The first kappa shape index (κ1) is 16.5. The molecule has 4 heteroatoms. The van der Waals surface area contributed by atoms with Crippen molar-refractivity contribution < 1.29 is 4.39 Å². The number of halogens is 2. The Hall–Kier alpha value is -0.900. The van der Waals surface area contributed by atoms with Crippen LogP contribution in [-0.2, 0) is 6.42 Å². The lowest BCUT2D eigenvalue weighted by molar-refractivity contribution is 0.514. The Morgan fingerprint density at radius 1 is 1.38 bits per heavy atom. The normalized spacial score (nSPS) is 18.1. The molecule has 0 fully saturated rings. The van der Waals surface area contributed by atoms with Crippen molar-refractivity contribution in [3.05, 3.63) is 57.5 Å². The summed E-state index contributed by atoms with van der Waals surface area (Å²) in [5.74, 6) is 1.03. The van der Waals surface area contributed by atoms with Crippen molar-refractivity contribution in [2.75, 3.05) is 13.6 Å². The highest BCUT2D eigenvalue weighted by Crippen LogP contribution is 2.40. The van der Waals surface area contributed by atoms with Crippen LogP contribution in [0.3, 0.4) is 0 Å². The third-order valence-corrected chi connectivity index (χ3v) is 5.31. The van der Waals surface area contributed by atoms with Crippen LogP contribution in [0.4, 0.5) is 4.39 Å². The zero-order chi connectivity index (χ0) is 13.9. The SMILES string of the molecule is CNCC(CC1CCc2cc(F)ccc21)c1cccs1.Cl. The Morgan fingerprint density at radius 3 is 2.95 bits per heavy atom. The number of benzene rings is 1. The van der Waals surface area contributed by atoms with Crippen molar-refractivity contribution in [2.24, 2.45) is 0 Å². The van der Waals surface area contributed by atoms with Gasteiger partial charge < -0.3 is 5.32 Å². The molecule has 3 rings (SSSR count). The second-order valence-corrected chi connectivity index (χ2v) is 6.56. The van der Waals surface area contributed by atoms with Gasteiger partial charge in [-0.25, -0.2) is 4.39 Å². The highest BCUT2D eigenvalue weighted by molar-refractivity contribution is 7.10. The van der Waals surface area contributed by atoms with Gasteiger partial charge in [-0.1, -0.05) is 12.1 Å². The van der Waals surface area contributed by atoms with E-state index in [9.17, 15) is 4.39 Å². The highest BCUT2D eigenvalue weighted by Gasteiger charge is 2.26. The molecule has 21 heavy (non-hydrogen) atoms. The first-order chi connectivity index (χ1) is 9.78. The van der Waals surface area contributed by atoms with Gasteiger partial charge in [-0.3, -0.25) is 0 Å². The molecule has 0 aliphatic heterocycles. The van der Waals surface area contributed by atoms with Gasteiger partial charge in [0.1, 0.15) is 5.82 Å². The van der Waals surface area contributed by atoms with E-state index >= 15 is 0 Å². The van der Waals surface area contributed by atoms with Gasteiger partial charge >= 0.3 is 0 Å². The number of aryl methyl sites for hydroxylation is 1. The van der Waals surface area contributed by atoms with E-state index in [1.165, 1.54) is 16.0 Å². The van der Waals surface area contributed by atoms with Gasteiger partial charge in [0, 0.05) is 17.3 Å². The van der Waals surface area contributed by atoms with Crippen molar-refractivity contribution in [1.82, 2.24) is 5.32 Å². The zero-order valence-corrected chi connectivity index (χ0v) is 13.8. The minimum Gasteiger partial charge on any atom is -0.319 e. The minimum absolute atomic E-state index is 0. The Balaban J connectivity index is 0.00000161. The van der Waals surface area contributed by atoms with Crippen molar-refractivity contribution in [3.63, 3.8) is 0 Å². The second-order valence-electron chi connectivity index (χ2n) is 5.58. The van der Waals surface area contributed by atoms with Gasteiger partial charge in [-0.15, -0.1) is 23.7 Å². The molecule has 0 spiro atoms. The number of hydrogen-bond acceptors (Lipinski definition) is 2. The van der Waals surface area contributed by atoms with Gasteiger partial charge in [0.05, 0.1) is 0 Å². The predicted octanol–water partition coefficient (Wildman–Crippen LogP) is 4.73. The lowest BCUT2D eigenvalue weighted by Crippen LogP contribution is -2.18. The topological polar surface area (TPSA) is 12.0 Å². The molecule has 2 unspecified atom stereocenters. The fourth-order valence-corrected chi connectivity index (χ4v) is 4.18. The van der Waals surface area contributed by atoms with Crippen LogP contribution in [-0.4, -0.2) is 13.6 Å². The lowest BCUT2D eigenvalue weighted by atomic mass is 9.89. The summed E-state index contributed by atoms with van der Waals surface area (Å²) in [5.41, 5.74) is 2.58. The summed E-state index contributed by atoms with van der Waals surface area (Å²) in [6, 6.07) is 9.67. The number of hydrogen-bond donors (Lipinski definition) is 1. The molecule has 0 amide bonds. The zero-order valence-electron chi connectivity index (χ0n) is 12.1. The highest BCUT2D eigenvalue weighted by atomic mass is 35.5. The summed E-state index contributed by atoms with van der Waals surface area (Å²) < 4.78 is 13.3. The van der Waals surface area contributed by atoms with Gasteiger partial charge in [-0.2, -0.15) is 0 Å². The molecule has 1 N–H and O–H groups in total. The van der Waals surface area contributed by atoms with Crippen molar-refractivity contribution in [3.8, 4) is 0 Å². The number of nitrogens with one attached hydrogen (secondary N) is 1. The second kappa shape index (κ2) is 7.39. The summed E-state index contributed by atoms with van der Waals surface area (Å²) in [4.78, 5) is 1.45. The third-order valence-electron chi connectivity index (χ3n) is 4.27. The number of rotatable bonds is 5. The smallest absolute Gasteiger partial charge is 0.123 e. The van der Waals surface area contributed by atoms with E-state index in [1.54, 1.807) is 12.1 Å². The molecule has 2 aromatic rings. The maximum Gasteiger partial charge on any atom is 0.123 e. The van der Waals surface area contributed by atoms with Crippen LogP contribution >= 0.6 is 23.7 Å². The largest absolute Gasteiger partial charge is 0.319 e. The van der Waals surface area contributed by atoms with Crippen molar-refractivity contribution in [2.45, 2.75) is 31.1 Å². The monoisotopic (exact) mass is 325 g/mol. The number of likely N-dealkylation sites (N-methyl/N-ethyl adjacent to an activating group) is 1. The standard InChI is InChI=1S/C17H20FNS.ClH/c1-19-11-14(17-3-2-8-20-17)9-12-4-5-13-10-15(18)6-7-16(12)13;/h2-3,6-8,10,12,14,19H,4-5,9,11H2,1H3;1H. The van der Waals surface area contributed by atoms with Crippen molar-refractivity contribution >= 4 is 23.7 Å². The molecule has 1 aromatic carbocycles. The maximum absolute atomic E-state index is 13.3. The third kappa shape index (κ3) is 3.65. The van der Waals surface area contributed by atoms with Crippen LogP contribution in [0.5, 0.6) is 0 Å². The van der Waals surface area contributed by atoms with E-state index < -0.39 is 0 Å². The minimum atomic E-state index is -0.102. The van der Waals surface area contributed by atoms with Gasteiger partial charge in [0.2, 0.25) is 0 Å². The lowest BCUT2D eigenvalue weighted by Gasteiger charge is -2.20. The molecule has 0 radical (unpaired) electrons. The molecule has 1 nitrogen and oxygen atoms in total. The number of thiophene rings is 1. The first-order valence-electron chi connectivity index (χ1n) is 7.24. The van der Waals surface area contributed by atoms with Gasteiger partial charge in [0.15, 0.2) is 0 Å². The Bertz CT molecular complexity index is 570. The molecule has 0 bridgehead atoms. The van der Waals surface area contributed by atoms with E-state index in [1.807, 2.05) is 24.5 Å². The van der Waals surface area contributed by atoms with Crippen LogP contribution in [0.15, 0.2) is 35.7 Å². The molecular weight excluding hydrogens is 305 g/mol. The van der Waals surface area contributed by atoms with Gasteiger partial charge in [0.25, 0.3) is 0 Å². The summed E-state index contributed by atoms with van der Waals surface area (Å²) >= 11 is 1.84. The van der Waals surface area contributed by atoms with E-state index in [-0.39, 0.29) is 18.2 Å². The van der Waals surface area contributed by atoms with Crippen LogP contribution in [0.25, 0.3) is 0 Å². The van der Waals surface area contributed by atoms with Crippen LogP contribution in [0, 0.1) is 5.82 Å². The quantitative estimate of drug-likeness (QED) is 0.837. The summed E-state index contributed by atoms with van der Waals surface area (Å²) in [7, 11) is 2.01. The summed E-state index contributed by atoms with van der Waals surface area (Å²) in [6.07, 6.45) is 3.33. The van der Waals surface area contributed by atoms with E-state index in [4.69, 9.17) is 0 Å². The average Bonchev–Trinajstić information content (AvgIpc) is 3.07. The van der Waals surface area contributed by atoms with Gasteiger partial charge in [-0.05, 0) is 66.9 Å². The molecule has 114 valence electrons. The molecular formula is C17H21ClFNS. The van der Waals surface area contributed by atoms with Crippen LogP contribution in [0.1, 0.15) is 40.7 Å². The molecule has 1 aliphatic rings. The summed E-state index contributed by atoms with van der Waals surface area (Å²) in [5, 5.41) is 5.46. The molecule has 2 atom stereocenters. The average molecular weight is 326 g/mol. The van der Waals surface area contributed by atoms with Crippen LogP contribution < -0.4 is 5.32 Å². The maximum atomic E-state index is 13.3.